The Hall–Kier alpha value is -2.11. The first-order chi connectivity index (χ1) is 12.1. The van der Waals surface area contributed by atoms with E-state index in [1.807, 2.05) is 32.9 Å². The van der Waals surface area contributed by atoms with Crippen molar-refractivity contribution in [3.8, 4) is 0 Å². The zero-order chi connectivity index (χ0) is 19.6. The number of carbonyl (C=O) groups excluding carboxylic acids is 2. The lowest BCUT2D eigenvalue weighted by molar-refractivity contribution is -0.116. The van der Waals surface area contributed by atoms with E-state index in [1.54, 1.807) is 0 Å². The van der Waals surface area contributed by atoms with Gasteiger partial charge in [-0.15, -0.1) is 0 Å². The van der Waals surface area contributed by atoms with Crippen LogP contribution in [0.4, 0.5) is 10.1 Å². The lowest BCUT2D eigenvalue weighted by atomic mass is 10.1. The number of benzene rings is 2. The predicted molar refractivity (Wildman–Crippen MR) is 103 cm³/mol. The Morgan fingerprint density at radius 3 is 2.19 bits per heavy atom. The summed E-state index contributed by atoms with van der Waals surface area (Å²) in [7, 11) is 1.44. The Bertz CT molecular complexity index is 861. The van der Waals surface area contributed by atoms with Crippen LogP contribution in [0.5, 0.6) is 0 Å². The summed E-state index contributed by atoms with van der Waals surface area (Å²) in [5.74, 6) is -1.68. The quantitative estimate of drug-likeness (QED) is 0.756. The SMILES string of the molecule is Cc1cc(C)c(NC(=O)CN(C)C(=O)c2cc(F)c(Cl)cc2Cl)c(C)c1. The minimum Gasteiger partial charge on any atom is -0.332 e. The zero-order valence-corrected chi connectivity index (χ0v) is 16.4. The molecule has 0 saturated heterocycles. The van der Waals surface area contributed by atoms with E-state index in [9.17, 15) is 14.0 Å². The molecule has 0 aliphatic rings. The molecular formula is C19H19Cl2FN2O2. The molecule has 0 aliphatic heterocycles. The summed E-state index contributed by atoms with van der Waals surface area (Å²) in [5, 5.41) is 2.67. The van der Waals surface area contributed by atoms with Gasteiger partial charge >= 0.3 is 0 Å². The largest absolute Gasteiger partial charge is 0.332 e. The van der Waals surface area contributed by atoms with Crippen molar-refractivity contribution in [3.05, 3.63) is 62.4 Å². The number of hydrogen-bond acceptors (Lipinski definition) is 2. The summed E-state index contributed by atoms with van der Waals surface area (Å²) < 4.78 is 13.6. The molecule has 2 rings (SSSR count). The number of nitrogens with one attached hydrogen (secondary N) is 1. The molecule has 0 fully saturated rings. The highest BCUT2D eigenvalue weighted by molar-refractivity contribution is 6.36. The fourth-order valence-electron chi connectivity index (χ4n) is 2.74. The van der Waals surface area contributed by atoms with E-state index >= 15 is 0 Å². The smallest absolute Gasteiger partial charge is 0.255 e. The Balaban J connectivity index is 2.12. The maximum atomic E-state index is 13.6. The molecule has 1 N–H and O–H groups in total. The lowest BCUT2D eigenvalue weighted by Crippen LogP contribution is -2.35. The summed E-state index contributed by atoms with van der Waals surface area (Å²) in [6, 6.07) is 6.07. The van der Waals surface area contributed by atoms with Gasteiger partial charge in [0.15, 0.2) is 0 Å². The van der Waals surface area contributed by atoms with Gasteiger partial charge < -0.3 is 10.2 Å². The number of rotatable bonds is 4. The van der Waals surface area contributed by atoms with Gasteiger partial charge in [0.05, 0.1) is 22.2 Å². The van der Waals surface area contributed by atoms with E-state index in [-0.39, 0.29) is 28.1 Å². The van der Waals surface area contributed by atoms with Crippen molar-refractivity contribution in [2.24, 2.45) is 0 Å². The molecule has 0 heterocycles. The van der Waals surface area contributed by atoms with Crippen LogP contribution in [0.15, 0.2) is 24.3 Å². The van der Waals surface area contributed by atoms with E-state index in [0.717, 1.165) is 28.4 Å². The van der Waals surface area contributed by atoms with Gasteiger partial charge in [0.2, 0.25) is 5.91 Å². The summed E-state index contributed by atoms with van der Waals surface area (Å²) in [6.45, 7) is 5.58. The number of carbonyl (C=O) groups is 2. The van der Waals surface area contributed by atoms with Crippen LogP contribution in [0.2, 0.25) is 10.0 Å². The predicted octanol–water partition coefficient (Wildman–Crippen LogP) is 4.77. The highest BCUT2D eigenvalue weighted by Gasteiger charge is 2.20. The maximum Gasteiger partial charge on any atom is 0.255 e. The molecule has 0 radical (unpaired) electrons. The van der Waals surface area contributed by atoms with Crippen molar-refractivity contribution in [2.45, 2.75) is 20.8 Å². The van der Waals surface area contributed by atoms with Gasteiger partial charge in [-0.1, -0.05) is 40.9 Å². The molecule has 138 valence electrons. The van der Waals surface area contributed by atoms with Crippen LogP contribution >= 0.6 is 23.2 Å². The summed E-state index contributed by atoms with van der Waals surface area (Å²) in [4.78, 5) is 25.9. The number of likely N-dealkylation sites (N-methyl/N-ethyl adjacent to an activating group) is 1. The van der Waals surface area contributed by atoms with E-state index in [2.05, 4.69) is 5.32 Å². The first-order valence-electron chi connectivity index (χ1n) is 7.88. The van der Waals surface area contributed by atoms with E-state index in [4.69, 9.17) is 23.2 Å². The number of aryl methyl sites for hydroxylation is 3. The van der Waals surface area contributed by atoms with Gasteiger partial charge in [-0.3, -0.25) is 9.59 Å². The second-order valence-electron chi connectivity index (χ2n) is 6.23. The third-order valence-corrected chi connectivity index (χ3v) is 4.51. The first kappa shape index (κ1) is 20.2. The van der Waals surface area contributed by atoms with Gasteiger partial charge in [0.1, 0.15) is 5.82 Å². The maximum absolute atomic E-state index is 13.6. The Kier molecular flexibility index (Phi) is 6.26. The van der Waals surface area contributed by atoms with Crippen molar-refractivity contribution in [2.75, 3.05) is 18.9 Å². The minimum atomic E-state index is -0.747. The van der Waals surface area contributed by atoms with Crippen LogP contribution in [0.3, 0.4) is 0 Å². The zero-order valence-electron chi connectivity index (χ0n) is 14.9. The number of anilines is 1. The normalized spacial score (nSPS) is 10.6. The molecule has 4 nitrogen and oxygen atoms in total. The molecule has 0 saturated carbocycles. The molecule has 0 aliphatic carbocycles. The fourth-order valence-corrected chi connectivity index (χ4v) is 3.20. The number of hydrogen-bond donors (Lipinski definition) is 1. The van der Waals surface area contributed by atoms with Crippen LogP contribution in [0.1, 0.15) is 27.0 Å². The average molecular weight is 397 g/mol. The van der Waals surface area contributed by atoms with Gasteiger partial charge in [-0.05, 0) is 44.0 Å². The second kappa shape index (κ2) is 8.06. The summed E-state index contributed by atoms with van der Waals surface area (Å²) in [5.41, 5.74) is 3.65. The molecule has 2 aromatic rings. The number of amides is 2. The van der Waals surface area contributed by atoms with Crippen LogP contribution in [0.25, 0.3) is 0 Å². The third-order valence-electron chi connectivity index (χ3n) is 3.91. The fraction of sp³-hybridized carbons (Fsp3) is 0.263. The van der Waals surface area contributed by atoms with Crippen molar-refractivity contribution in [1.29, 1.82) is 0 Å². The third kappa shape index (κ3) is 4.54. The first-order valence-corrected chi connectivity index (χ1v) is 8.63. The molecule has 26 heavy (non-hydrogen) atoms. The second-order valence-corrected chi connectivity index (χ2v) is 7.04. The molecule has 0 atom stereocenters. The van der Waals surface area contributed by atoms with Crippen molar-refractivity contribution >= 4 is 40.7 Å². The van der Waals surface area contributed by atoms with Crippen molar-refractivity contribution in [1.82, 2.24) is 4.90 Å². The Morgan fingerprint density at radius 1 is 1.04 bits per heavy atom. The molecular weight excluding hydrogens is 378 g/mol. The van der Waals surface area contributed by atoms with E-state index in [1.165, 1.54) is 18.0 Å². The van der Waals surface area contributed by atoms with Gasteiger partial charge in [0.25, 0.3) is 5.91 Å². The van der Waals surface area contributed by atoms with E-state index in [0.29, 0.717) is 0 Å². The average Bonchev–Trinajstić information content (AvgIpc) is 2.53. The standard InChI is InChI=1S/C19H19Cl2FN2O2/c1-10-5-11(2)18(12(3)6-10)23-17(25)9-24(4)19(26)13-7-16(22)15(21)8-14(13)20/h5-8H,9H2,1-4H3,(H,23,25). The lowest BCUT2D eigenvalue weighted by Gasteiger charge is -2.19. The van der Waals surface area contributed by atoms with Crippen molar-refractivity contribution in [3.63, 3.8) is 0 Å². The monoisotopic (exact) mass is 396 g/mol. The molecule has 0 unspecified atom stereocenters. The highest BCUT2D eigenvalue weighted by atomic mass is 35.5. The molecule has 2 amide bonds. The van der Waals surface area contributed by atoms with Crippen molar-refractivity contribution < 1.29 is 14.0 Å². The summed E-state index contributed by atoms with van der Waals surface area (Å²) >= 11 is 11.6. The molecule has 0 aromatic heterocycles. The summed E-state index contributed by atoms with van der Waals surface area (Å²) in [6.07, 6.45) is 0. The van der Waals surface area contributed by atoms with Gasteiger partial charge in [0, 0.05) is 12.7 Å². The molecule has 7 heteroatoms. The highest BCUT2D eigenvalue weighted by Crippen LogP contribution is 2.25. The van der Waals surface area contributed by atoms with Crippen LogP contribution in [-0.2, 0) is 4.79 Å². The van der Waals surface area contributed by atoms with Crippen LogP contribution in [-0.4, -0.2) is 30.3 Å². The Labute approximate surface area is 161 Å². The van der Waals surface area contributed by atoms with Gasteiger partial charge in [-0.2, -0.15) is 0 Å². The Morgan fingerprint density at radius 2 is 1.62 bits per heavy atom. The number of nitrogens with zero attached hydrogens (tertiary/aromatic N) is 1. The van der Waals surface area contributed by atoms with Crippen LogP contribution < -0.4 is 5.32 Å². The molecule has 0 spiro atoms. The molecule has 2 aromatic carbocycles. The number of halogens is 3. The minimum absolute atomic E-state index is 0.0267. The molecule has 0 bridgehead atoms. The van der Waals surface area contributed by atoms with E-state index < -0.39 is 11.7 Å². The van der Waals surface area contributed by atoms with Crippen LogP contribution in [0, 0.1) is 26.6 Å². The van der Waals surface area contributed by atoms with Gasteiger partial charge in [-0.25, -0.2) is 4.39 Å². The topological polar surface area (TPSA) is 49.4 Å².